The van der Waals surface area contributed by atoms with Crippen molar-refractivity contribution in [2.24, 2.45) is 5.92 Å². The van der Waals surface area contributed by atoms with Crippen molar-refractivity contribution in [1.82, 2.24) is 20.2 Å². The third-order valence-electron chi connectivity index (χ3n) is 7.00. The first-order valence-electron chi connectivity index (χ1n) is 11.7. The molecule has 172 valence electrons. The number of carbonyl (C=O) groups is 2. The highest BCUT2D eigenvalue weighted by molar-refractivity contribution is 5.89. The van der Waals surface area contributed by atoms with E-state index in [1.54, 1.807) is 0 Å². The topological polar surface area (TPSA) is 87.3 Å². The van der Waals surface area contributed by atoms with E-state index in [1.165, 1.54) is 5.56 Å². The Morgan fingerprint density at radius 1 is 1.24 bits per heavy atom. The lowest BCUT2D eigenvalue weighted by molar-refractivity contribution is -0.131. The van der Waals surface area contributed by atoms with Gasteiger partial charge in [0.2, 0.25) is 11.8 Å². The summed E-state index contributed by atoms with van der Waals surface area (Å²) in [4.78, 5) is 35.4. The van der Waals surface area contributed by atoms with Gasteiger partial charge in [-0.25, -0.2) is 0 Å². The van der Waals surface area contributed by atoms with E-state index in [9.17, 15) is 9.59 Å². The van der Waals surface area contributed by atoms with Gasteiger partial charge in [-0.05, 0) is 54.5 Å². The second-order valence-electron chi connectivity index (χ2n) is 9.03. The lowest BCUT2D eigenvalue weighted by Gasteiger charge is -2.31. The number of aromatic nitrogens is 2. The van der Waals surface area contributed by atoms with Gasteiger partial charge in [-0.3, -0.25) is 14.6 Å². The summed E-state index contributed by atoms with van der Waals surface area (Å²) in [5, 5.41) is 4.22. The molecule has 33 heavy (non-hydrogen) atoms. The first kappa shape index (κ1) is 21.6. The van der Waals surface area contributed by atoms with E-state index in [-0.39, 0.29) is 17.7 Å². The Morgan fingerprint density at radius 3 is 2.91 bits per heavy atom. The summed E-state index contributed by atoms with van der Waals surface area (Å²) in [6.07, 6.45) is 6.55. The molecule has 4 heterocycles. The third-order valence-corrected chi connectivity index (χ3v) is 7.00. The highest BCUT2D eigenvalue weighted by Gasteiger charge is 2.26. The van der Waals surface area contributed by atoms with Crippen molar-refractivity contribution in [3.63, 3.8) is 0 Å². The molecule has 2 N–H and O–H groups in total. The first-order valence-corrected chi connectivity index (χ1v) is 11.7. The van der Waals surface area contributed by atoms with Gasteiger partial charge in [0, 0.05) is 67.8 Å². The number of hydrogen-bond acceptors (Lipinski definition) is 4. The van der Waals surface area contributed by atoms with E-state index in [2.05, 4.69) is 15.3 Å². The summed E-state index contributed by atoms with van der Waals surface area (Å²) in [7, 11) is 0. The number of pyridine rings is 1. The van der Waals surface area contributed by atoms with Crippen molar-refractivity contribution in [2.75, 3.05) is 19.8 Å². The molecule has 0 radical (unpaired) electrons. The summed E-state index contributed by atoms with van der Waals surface area (Å²) < 4.78 is 5.37. The van der Waals surface area contributed by atoms with Gasteiger partial charge in [-0.1, -0.05) is 18.2 Å². The third kappa shape index (κ3) is 4.50. The molecule has 3 aromatic rings. The Morgan fingerprint density at radius 2 is 2.06 bits per heavy atom. The zero-order valence-electron chi connectivity index (χ0n) is 19.0. The predicted octanol–water partition coefficient (Wildman–Crippen LogP) is 3.04. The maximum absolute atomic E-state index is 13.1. The van der Waals surface area contributed by atoms with Gasteiger partial charge in [0.15, 0.2) is 0 Å². The first-order chi connectivity index (χ1) is 16.1. The van der Waals surface area contributed by atoms with Crippen LogP contribution in [-0.4, -0.2) is 46.4 Å². The fourth-order valence-electron chi connectivity index (χ4n) is 5.00. The van der Waals surface area contributed by atoms with Crippen LogP contribution < -0.4 is 5.32 Å². The number of rotatable bonds is 5. The molecule has 2 aliphatic rings. The van der Waals surface area contributed by atoms with Crippen LogP contribution >= 0.6 is 0 Å². The smallest absolute Gasteiger partial charge is 0.227 e. The van der Waals surface area contributed by atoms with Crippen LogP contribution in [0.25, 0.3) is 10.9 Å². The Labute approximate surface area is 193 Å². The fourth-order valence-corrected chi connectivity index (χ4v) is 5.00. The number of fused-ring (bicyclic) bond motifs is 2. The number of H-pyrrole nitrogens is 1. The normalized spacial score (nSPS) is 16.6. The lowest BCUT2D eigenvalue weighted by Crippen LogP contribution is -2.38. The average Bonchev–Trinajstić information content (AvgIpc) is 3.26. The molecule has 1 aromatic carbocycles. The average molecular weight is 447 g/mol. The number of benzene rings is 1. The summed E-state index contributed by atoms with van der Waals surface area (Å²) in [6, 6.07) is 8.06. The second-order valence-corrected chi connectivity index (χ2v) is 9.03. The Hall–Kier alpha value is -3.19. The molecular formula is C26H30N4O3. The van der Waals surface area contributed by atoms with Crippen LogP contribution in [0.2, 0.25) is 0 Å². The molecular weight excluding hydrogens is 416 g/mol. The quantitative estimate of drug-likeness (QED) is 0.631. The number of carbonyl (C=O) groups excluding carboxylic acids is 2. The van der Waals surface area contributed by atoms with Gasteiger partial charge < -0.3 is 19.9 Å². The Bertz CT molecular complexity index is 1180. The maximum atomic E-state index is 13.1. The van der Waals surface area contributed by atoms with E-state index in [1.807, 2.05) is 48.5 Å². The van der Waals surface area contributed by atoms with Crippen molar-refractivity contribution in [3.05, 3.63) is 64.6 Å². The molecule has 2 aliphatic heterocycles. The maximum Gasteiger partial charge on any atom is 0.227 e. The summed E-state index contributed by atoms with van der Waals surface area (Å²) in [6.45, 7) is 5.03. The number of nitrogens with one attached hydrogen (secondary N) is 2. The number of nitrogens with zero attached hydrogens (tertiary/aromatic N) is 2. The molecule has 7 nitrogen and oxygen atoms in total. The number of amides is 2. The summed E-state index contributed by atoms with van der Waals surface area (Å²) in [5.41, 5.74) is 6.42. The van der Waals surface area contributed by atoms with Crippen LogP contribution in [0, 0.1) is 12.8 Å². The van der Waals surface area contributed by atoms with Crippen LogP contribution in [0.1, 0.15) is 40.8 Å². The van der Waals surface area contributed by atoms with Crippen molar-refractivity contribution in [3.8, 4) is 0 Å². The molecule has 7 heteroatoms. The van der Waals surface area contributed by atoms with Crippen molar-refractivity contribution in [1.29, 1.82) is 0 Å². The van der Waals surface area contributed by atoms with Crippen LogP contribution in [0.4, 0.5) is 0 Å². The molecule has 0 aliphatic carbocycles. The standard InChI is InChI=1S/C26H30N4O3/c1-17-23(15-29-26(32)18-7-10-33-11-8-18)21-6-9-30(16-20(21)14-27-17)25(31)12-19-13-28-24-5-3-2-4-22(19)24/h2-5,13-14,18,28H,6-12,15-16H2,1H3,(H,29,32). The highest BCUT2D eigenvalue weighted by atomic mass is 16.5. The number of aromatic amines is 1. The minimum Gasteiger partial charge on any atom is -0.381 e. The predicted molar refractivity (Wildman–Crippen MR) is 125 cm³/mol. The molecule has 0 saturated carbocycles. The molecule has 1 fully saturated rings. The van der Waals surface area contributed by atoms with Crippen LogP contribution in [-0.2, 0) is 40.3 Å². The van der Waals surface area contributed by atoms with Crippen molar-refractivity contribution >= 4 is 22.7 Å². The van der Waals surface area contributed by atoms with Crippen LogP contribution in [0.5, 0.6) is 0 Å². The minimum absolute atomic E-state index is 0.0316. The molecule has 0 atom stereocenters. The van der Waals surface area contributed by atoms with E-state index in [0.29, 0.717) is 39.3 Å². The van der Waals surface area contributed by atoms with Crippen LogP contribution in [0.15, 0.2) is 36.7 Å². The molecule has 0 spiro atoms. The van der Waals surface area contributed by atoms with Gasteiger partial charge in [0.25, 0.3) is 0 Å². The molecule has 2 aromatic heterocycles. The zero-order chi connectivity index (χ0) is 22.8. The monoisotopic (exact) mass is 446 g/mol. The molecule has 0 unspecified atom stereocenters. The minimum atomic E-state index is 0.0316. The highest BCUT2D eigenvalue weighted by Crippen LogP contribution is 2.26. The van der Waals surface area contributed by atoms with Crippen LogP contribution in [0.3, 0.4) is 0 Å². The SMILES string of the molecule is Cc1ncc2c(c1CNC(=O)C1CCOCC1)CCN(C(=O)Cc1c[nH]c3ccccc13)C2. The largest absolute Gasteiger partial charge is 0.381 e. The Balaban J connectivity index is 1.26. The van der Waals surface area contributed by atoms with E-state index >= 15 is 0 Å². The number of hydrogen-bond donors (Lipinski definition) is 2. The number of ether oxygens (including phenoxy) is 1. The molecule has 1 saturated heterocycles. The molecule has 5 rings (SSSR count). The zero-order valence-corrected chi connectivity index (χ0v) is 19.0. The van der Waals surface area contributed by atoms with Gasteiger partial charge in [-0.15, -0.1) is 0 Å². The van der Waals surface area contributed by atoms with Crippen molar-refractivity contribution in [2.45, 2.75) is 45.7 Å². The molecule has 2 amide bonds. The van der Waals surface area contributed by atoms with Crippen molar-refractivity contribution < 1.29 is 14.3 Å². The summed E-state index contributed by atoms with van der Waals surface area (Å²) in [5.74, 6) is 0.256. The Kier molecular flexibility index (Phi) is 6.13. The molecule has 0 bridgehead atoms. The number of aryl methyl sites for hydroxylation is 1. The van der Waals surface area contributed by atoms with E-state index in [4.69, 9.17) is 4.74 Å². The lowest BCUT2D eigenvalue weighted by atomic mass is 9.94. The van der Waals surface area contributed by atoms with Gasteiger partial charge in [0.1, 0.15) is 0 Å². The van der Waals surface area contributed by atoms with Gasteiger partial charge in [0.05, 0.1) is 6.42 Å². The van der Waals surface area contributed by atoms with Gasteiger partial charge in [-0.2, -0.15) is 0 Å². The van der Waals surface area contributed by atoms with E-state index < -0.39 is 0 Å². The fraction of sp³-hybridized carbons (Fsp3) is 0.423. The summed E-state index contributed by atoms with van der Waals surface area (Å²) >= 11 is 0. The van der Waals surface area contributed by atoms with E-state index in [0.717, 1.165) is 52.5 Å². The van der Waals surface area contributed by atoms with Gasteiger partial charge >= 0.3 is 0 Å². The second kappa shape index (κ2) is 9.35. The number of para-hydroxylation sites is 1.